The molecule has 26 heavy (non-hydrogen) atoms. The van der Waals surface area contributed by atoms with Gasteiger partial charge in [0.25, 0.3) is 0 Å². The molecular weight excluding hydrogens is 352 g/mol. The molecule has 0 saturated carbocycles. The highest BCUT2D eigenvalue weighted by Crippen LogP contribution is 2.30. The Morgan fingerprint density at radius 1 is 1.38 bits per heavy atom. The quantitative estimate of drug-likeness (QED) is 0.874. The zero-order valence-corrected chi connectivity index (χ0v) is 15.8. The van der Waals surface area contributed by atoms with E-state index in [0.717, 1.165) is 41.2 Å². The summed E-state index contributed by atoms with van der Waals surface area (Å²) in [6.07, 6.45) is 2.86. The smallest absolute Gasteiger partial charge is 0.229 e. The molecule has 2 aliphatic rings. The molecule has 1 fully saturated rings. The molecule has 0 radical (unpaired) electrons. The molecule has 8 nitrogen and oxygen atoms in total. The molecule has 0 bridgehead atoms. The normalized spacial score (nSPS) is 19.9. The topological polar surface area (TPSA) is 95.1 Å². The van der Waals surface area contributed by atoms with Crippen molar-refractivity contribution in [1.29, 1.82) is 0 Å². The molecule has 2 aromatic heterocycles. The molecule has 2 aromatic rings. The third-order valence-electron chi connectivity index (χ3n) is 5.06. The van der Waals surface area contributed by atoms with Crippen molar-refractivity contribution >= 4 is 28.3 Å². The van der Waals surface area contributed by atoms with Gasteiger partial charge in [-0.2, -0.15) is 5.10 Å². The van der Waals surface area contributed by atoms with Crippen molar-refractivity contribution in [3.8, 4) is 0 Å². The fourth-order valence-electron chi connectivity index (χ4n) is 3.60. The fourth-order valence-corrected chi connectivity index (χ4v) is 4.57. The molecule has 1 unspecified atom stereocenters. The Bertz CT molecular complexity index is 844. The minimum absolute atomic E-state index is 0.0419. The predicted molar refractivity (Wildman–Crippen MR) is 96.8 cm³/mol. The van der Waals surface area contributed by atoms with Crippen molar-refractivity contribution in [3.63, 3.8) is 0 Å². The second kappa shape index (κ2) is 6.79. The van der Waals surface area contributed by atoms with Gasteiger partial charge in [0.2, 0.25) is 16.9 Å². The summed E-state index contributed by atoms with van der Waals surface area (Å²) >= 11 is 1.45. The summed E-state index contributed by atoms with van der Waals surface area (Å²) in [5.74, 6) is -0.306. The van der Waals surface area contributed by atoms with Crippen molar-refractivity contribution in [2.45, 2.75) is 46.1 Å². The van der Waals surface area contributed by atoms with Gasteiger partial charge in [0.15, 0.2) is 0 Å². The number of carbonyl (C=O) groups is 2. The van der Waals surface area contributed by atoms with E-state index in [-0.39, 0.29) is 24.2 Å². The summed E-state index contributed by atoms with van der Waals surface area (Å²) in [6.45, 7) is 5.68. The summed E-state index contributed by atoms with van der Waals surface area (Å²) in [5.41, 5.74) is 3.17. The van der Waals surface area contributed by atoms with Gasteiger partial charge in [-0.1, -0.05) is 18.3 Å². The van der Waals surface area contributed by atoms with Gasteiger partial charge in [0.05, 0.1) is 11.6 Å². The number of H-pyrrole nitrogens is 1. The van der Waals surface area contributed by atoms with Crippen molar-refractivity contribution < 1.29 is 9.59 Å². The third kappa shape index (κ3) is 3.00. The highest BCUT2D eigenvalue weighted by molar-refractivity contribution is 7.15. The molecule has 4 rings (SSSR count). The van der Waals surface area contributed by atoms with E-state index in [1.165, 1.54) is 11.3 Å². The van der Waals surface area contributed by atoms with E-state index >= 15 is 0 Å². The number of carbonyl (C=O) groups excluding carboxylic acids is 2. The Morgan fingerprint density at radius 3 is 3.04 bits per heavy atom. The maximum absolute atomic E-state index is 13.0. The van der Waals surface area contributed by atoms with Gasteiger partial charge >= 0.3 is 0 Å². The van der Waals surface area contributed by atoms with Crippen LogP contribution < -0.4 is 4.90 Å². The van der Waals surface area contributed by atoms with Gasteiger partial charge in [0.1, 0.15) is 5.01 Å². The van der Waals surface area contributed by atoms with Crippen molar-refractivity contribution in [2.75, 3.05) is 18.0 Å². The number of aromatic nitrogens is 4. The van der Waals surface area contributed by atoms with E-state index < -0.39 is 0 Å². The number of anilines is 1. The van der Waals surface area contributed by atoms with Crippen molar-refractivity contribution in [2.24, 2.45) is 5.92 Å². The van der Waals surface area contributed by atoms with Crippen LogP contribution in [0.5, 0.6) is 0 Å². The molecular formula is C17H22N6O2S. The molecule has 0 aliphatic carbocycles. The van der Waals surface area contributed by atoms with Crippen LogP contribution in [0.15, 0.2) is 0 Å². The number of hydrogen-bond acceptors (Lipinski definition) is 6. The van der Waals surface area contributed by atoms with Crippen LogP contribution in [0.1, 0.15) is 41.7 Å². The maximum atomic E-state index is 13.0. The lowest BCUT2D eigenvalue weighted by atomic mass is 10.0. The first-order chi connectivity index (χ1) is 12.6. The molecule has 9 heteroatoms. The minimum atomic E-state index is -0.310. The molecule has 0 aromatic carbocycles. The maximum Gasteiger partial charge on any atom is 0.229 e. The number of rotatable bonds is 4. The number of aromatic amines is 1. The van der Waals surface area contributed by atoms with E-state index in [1.807, 2.05) is 11.8 Å². The summed E-state index contributed by atoms with van der Waals surface area (Å²) in [7, 11) is 0. The minimum Gasteiger partial charge on any atom is -0.338 e. The van der Waals surface area contributed by atoms with Crippen LogP contribution in [-0.4, -0.2) is 50.2 Å². The fraction of sp³-hybridized carbons (Fsp3) is 0.588. The number of nitrogens with one attached hydrogen (secondary N) is 1. The van der Waals surface area contributed by atoms with Gasteiger partial charge in [-0.15, -0.1) is 10.2 Å². The molecule has 1 N–H and O–H groups in total. The standard InChI is InChI=1S/C17H22N6O2S/c1-3-4-14-20-21-17(26-14)23-8-11(7-15(23)24)16(25)22-6-5-13-12(9-22)10(2)18-19-13/h11H,3-9H2,1-2H3,(H,18,19). The second-order valence-corrected chi connectivity index (χ2v) is 7.96. The lowest BCUT2D eigenvalue weighted by Gasteiger charge is -2.29. The van der Waals surface area contributed by atoms with Crippen molar-refractivity contribution in [1.82, 2.24) is 25.3 Å². The van der Waals surface area contributed by atoms with Gasteiger partial charge in [-0.05, 0) is 13.3 Å². The van der Waals surface area contributed by atoms with Gasteiger partial charge in [0, 0.05) is 50.2 Å². The van der Waals surface area contributed by atoms with E-state index in [4.69, 9.17) is 0 Å². The SMILES string of the molecule is CCCc1nnc(N2CC(C(=O)N3CCc4n[nH]c(C)c4C3)CC2=O)s1. The Hall–Kier alpha value is -2.29. The molecule has 2 amide bonds. The monoisotopic (exact) mass is 374 g/mol. The molecule has 1 saturated heterocycles. The van der Waals surface area contributed by atoms with E-state index in [0.29, 0.717) is 24.8 Å². The molecule has 4 heterocycles. The zero-order chi connectivity index (χ0) is 18.3. The molecule has 0 spiro atoms. The van der Waals surface area contributed by atoms with Gasteiger partial charge < -0.3 is 4.90 Å². The number of nitrogens with zero attached hydrogens (tertiary/aromatic N) is 5. The van der Waals surface area contributed by atoms with Crippen LogP contribution in [0.3, 0.4) is 0 Å². The summed E-state index contributed by atoms with van der Waals surface area (Å²) in [6, 6.07) is 0. The lowest BCUT2D eigenvalue weighted by Crippen LogP contribution is -2.40. The Balaban J connectivity index is 1.45. The van der Waals surface area contributed by atoms with Crippen LogP contribution in [0.25, 0.3) is 0 Å². The number of hydrogen-bond donors (Lipinski definition) is 1. The first kappa shape index (κ1) is 17.1. The first-order valence-corrected chi connectivity index (χ1v) is 9.82. The largest absolute Gasteiger partial charge is 0.338 e. The average Bonchev–Trinajstić information content (AvgIpc) is 3.34. The Kier molecular flexibility index (Phi) is 4.47. The number of amides is 2. The average molecular weight is 374 g/mol. The van der Waals surface area contributed by atoms with E-state index in [1.54, 1.807) is 4.90 Å². The van der Waals surface area contributed by atoms with Crippen molar-refractivity contribution in [3.05, 3.63) is 22.0 Å². The zero-order valence-electron chi connectivity index (χ0n) is 15.0. The third-order valence-corrected chi connectivity index (χ3v) is 6.07. The highest BCUT2D eigenvalue weighted by atomic mass is 32.1. The number of aryl methyl sites for hydroxylation is 2. The van der Waals surface area contributed by atoms with Crippen LogP contribution in [0.2, 0.25) is 0 Å². The summed E-state index contributed by atoms with van der Waals surface area (Å²) < 4.78 is 0. The Labute approximate surface area is 155 Å². The summed E-state index contributed by atoms with van der Waals surface area (Å²) in [4.78, 5) is 28.9. The molecule has 2 aliphatic heterocycles. The van der Waals surface area contributed by atoms with Crippen LogP contribution in [0.4, 0.5) is 5.13 Å². The van der Waals surface area contributed by atoms with Gasteiger partial charge in [-0.25, -0.2) is 0 Å². The Morgan fingerprint density at radius 2 is 2.23 bits per heavy atom. The van der Waals surface area contributed by atoms with Crippen LogP contribution >= 0.6 is 11.3 Å². The molecule has 138 valence electrons. The molecule has 1 atom stereocenters. The van der Waals surface area contributed by atoms with E-state index in [9.17, 15) is 9.59 Å². The summed E-state index contributed by atoms with van der Waals surface area (Å²) in [5, 5.41) is 17.1. The van der Waals surface area contributed by atoms with Crippen LogP contribution in [-0.2, 0) is 29.0 Å². The highest BCUT2D eigenvalue weighted by Gasteiger charge is 2.39. The lowest BCUT2D eigenvalue weighted by molar-refractivity contribution is -0.136. The van der Waals surface area contributed by atoms with Gasteiger partial charge in [-0.3, -0.25) is 19.6 Å². The predicted octanol–water partition coefficient (Wildman–Crippen LogP) is 1.46. The van der Waals surface area contributed by atoms with E-state index in [2.05, 4.69) is 27.3 Å². The second-order valence-electron chi connectivity index (χ2n) is 6.92. The number of fused-ring (bicyclic) bond motifs is 1. The van der Waals surface area contributed by atoms with Crippen LogP contribution in [0, 0.1) is 12.8 Å². The first-order valence-electron chi connectivity index (χ1n) is 9.01.